The summed E-state index contributed by atoms with van der Waals surface area (Å²) >= 11 is 1.13. The fourth-order valence-electron chi connectivity index (χ4n) is 3.45. The number of halogens is 2. The maximum absolute atomic E-state index is 14.5. The highest BCUT2D eigenvalue weighted by atomic mass is 32.2. The van der Waals surface area contributed by atoms with Gasteiger partial charge in [-0.2, -0.15) is 0 Å². The van der Waals surface area contributed by atoms with E-state index in [1.807, 2.05) is 18.9 Å². The van der Waals surface area contributed by atoms with Crippen LogP contribution in [0, 0.1) is 0 Å². The maximum atomic E-state index is 14.5. The Bertz CT molecular complexity index is 1020. The number of hydrogen-bond donors (Lipinski definition) is 1. The molecule has 1 aromatic rings. The number of aromatic nitrogens is 1. The van der Waals surface area contributed by atoms with Crippen molar-refractivity contribution in [3.63, 3.8) is 0 Å². The Morgan fingerprint density at radius 2 is 2.07 bits per heavy atom. The molecule has 11 heteroatoms. The number of anilines is 1. The summed E-state index contributed by atoms with van der Waals surface area (Å²) in [4.78, 5) is 25.2. The van der Waals surface area contributed by atoms with Gasteiger partial charge in [0.05, 0.1) is 5.76 Å². The number of aliphatic imine (C=N–C) groups is 1. The van der Waals surface area contributed by atoms with E-state index >= 15 is 0 Å². The molecule has 1 aromatic heterocycles. The molecule has 0 fully saturated rings. The predicted molar refractivity (Wildman–Crippen MR) is 113 cm³/mol. The molecule has 2 aliphatic heterocycles. The number of nitrogens with zero attached hydrogens (tertiary/aromatic N) is 3. The summed E-state index contributed by atoms with van der Waals surface area (Å²) in [6.07, 6.45) is 3.33. The molecule has 1 N–H and O–H groups in total. The van der Waals surface area contributed by atoms with Crippen LogP contribution in [0.5, 0.6) is 0 Å². The van der Waals surface area contributed by atoms with Crippen molar-refractivity contribution < 1.29 is 27.7 Å². The molecule has 0 saturated heterocycles. The number of thioether (sulfide) groups is 1. The quantitative estimate of drug-likeness (QED) is 0.736. The minimum Gasteiger partial charge on any atom is -0.627 e. The fraction of sp³-hybridized carbons (Fsp3) is 0.368. The van der Waals surface area contributed by atoms with Crippen LogP contribution in [-0.4, -0.2) is 42.5 Å². The third-order valence-corrected chi connectivity index (χ3v) is 5.97. The van der Waals surface area contributed by atoms with Gasteiger partial charge in [-0.15, -0.1) is 0 Å². The summed E-state index contributed by atoms with van der Waals surface area (Å²) in [7, 11) is -2.65. The van der Waals surface area contributed by atoms with Crippen LogP contribution in [0.15, 0.2) is 39.6 Å². The molecule has 30 heavy (non-hydrogen) atoms. The number of hydrogen-bond acceptors (Lipinski definition) is 6. The molecule has 0 spiro atoms. The topological polar surface area (TPSA) is 78.0 Å². The molecular formula is C19H21BF2N4O3S. The van der Waals surface area contributed by atoms with Gasteiger partial charge >= 0.3 is 18.2 Å². The van der Waals surface area contributed by atoms with E-state index in [1.165, 1.54) is 6.92 Å². The molecule has 1 amide bonds. The summed E-state index contributed by atoms with van der Waals surface area (Å²) in [5.74, 6) is 0.636. The number of carbonyl (C=O) groups is 1. The molecule has 0 unspecified atom stereocenters. The summed E-state index contributed by atoms with van der Waals surface area (Å²) in [5.41, 5.74) is 1.67. The van der Waals surface area contributed by atoms with Crippen LogP contribution < -0.4 is 9.89 Å². The van der Waals surface area contributed by atoms with E-state index in [-0.39, 0.29) is 17.4 Å². The van der Waals surface area contributed by atoms with Crippen molar-refractivity contribution in [3.8, 4) is 0 Å². The van der Waals surface area contributed by atoms with Crippen molar-refractivity contribution in [2.45, 2.75) is 33.1 Å². The molecule has 3 heterocycles. The van der Waals surface area contributed by atoms with E-state index in [9.17, 15) is 13.4 Å². The monoisotopic (exact) mass is 434 g/mol. The van der Waals surface area contributed by atoms with E-state index in [4.69, 9.17) is 9.31 Å². The molecule has 0 bridgehead atoms. The molecule has 0 saturated carbocycles. The van der Waals surface area contributed by atoms with Crippen molar-refractivity contribution in [2.75, 3.05) is 18.5 Å². The van der Waals surface area contributed by atoms with Gasteiger partial charge in [0.25, 0.3) is 0 Å². The highest BCUT2D eigenvalue weighted by molar-refractivity contribution is 8.18. The second-order valence-electron chi connectivity index (χ2n) is 7.16. The molecule has 7 nitrogen and oxygen atoms in total. The number of fused-ring (bicyclic) bond motifs is 2. The van der Waals surface area contributed by atoms with E-state index in [2.05, 4.69) is 15.0 Å². The van der Waals surface area contributed by atoms with Crippen LogP contribution >= 0.6 is 11.8 Å². The minimum atomic E-state index is -4.55. The van der Waals surface area contributed by atoms with E-state index < -0.39 is 7.11 Å². The lowest BCUT2D eigenvalue weighted by molar-refractivity contribution is -0.372. The highest BCUT2D eigenvalue weighted by Gasteiger charge is 2.45. The molecule has 3 aliphatic rings. The largest absolute Gasteiger partial charge is 0.725 e. The lowest BCUT2D eigenvalue weighted by Gasteiger charge is -2.38. The Kier molecular flexibility index (Phi) is 5.39. The number of nitrogens with one attached hydrogen (secondary N) is 1. The van der Waals surface area contributed by atoms with Crippen molar-refractivity contribution in [2.24, 2.45) is 4.99 Å². The Balaban J connectivity index is 1.81. The first-order valence-electron chi connectivity index (χ1n) is 9.71. The fourth-order valence-corrected chi connectivity index (χ4v) is 4.52. The zero-order chi connectivity index (χ0) is 21.5. The number of carbonyl (C=O) groups excluding carboxylic acids is 1. The highest BCUT2D eigenvalue weighted by Crippen LogP contribution is 2.46. The number of amides is 1. The van der Waals surface area contributed by atoms with Gasteiger partial charge in [-0.25, -0.2) is 14.8 Å². The van der Waals surface area contributed by atoms with Crippen LogP contribution in [0.3, 0.4) is 0 Å². The summed E-state index contributed by atoms with van der Waals surface area (Å²) in [5, 5.41) is 0.363. The number of pyridine rings is 1. The van der Waals surface area contributed by atoms with Gasteiger partial charge in [0, 0.05) is 56.0 Å². The summed E-state index contributed by atoms with van der Waals surface area (Å²) in [6, 6.07) is 3.51. The normalized spacial score (nSPS) is 21.4. The molecule has 0 aromatic carbocycles. The average molecular weight is 434 g/mol. The van der Waals surface area contributed by atoms with Crippen LogP contribution in [0.4, 0.5) is 14.4 Å². The Morgan fingerprint density at radius 3 is 2.73 bits per heavy atom. The molecule has 0 radical (unpaired) electrons. The second-order valence-corrected chi connectivity index (χ2v) is 8.16. The summed E-state index contributed by atoms with van der Waals surface area (Å²) < 4.78 is 39.0. The number of amidine groups is 1. The minimum absolute atomic E-state index is 0.0811. The van der Waals surface area contributed by atoms with Gasteiger partial charge in [0.15, 0.2) is 5.71 Å². The van der Waals surface area contributed by atoms with E-state index in [0.29, 0.717) is 46.2 Å². The van der Waals surface area contributed by atoms with Crippen molar-refractivity contribution in [1.82, 2.24) is 4.98 Å². The predicted octanol–water partition coefficient (Wildman–Crippen LogP) is 2.24. The standard InChI is InChI=1S/C19H20BF2N4O3S/c1-4-26(3)15-9-8-12(10-23-15)16-13-6-5-7-14-18(17(13)29-20(21,22)28-16)30-19(25-14)24-11(2)27/h8-10H,4-7H2,1-3H3/q-1/p+1. The van der Waals surface area contributed by atoms with Gasteiger partial charge in [0.2, 0.25) is 0 Å². The average Bonchev–Trinajstić information content (AvgIpc) is 3.01. The second kappa shape index (κ2) is 7.86. The first-order chi connectivity index (χ1) is 14.3. The van der Waals surface area contributed by atoms with Gasteiger partial charge in [0.1, 0.15) is 16.5 Å². The van der Waals surface area contributed by atoms with Crippen LogP contribution in [0.25, 0.3) is 5.76 Å². The summed E-state index contributed by atoms with van der Waals surface area (Å²) in [6.45, 7) is 4.14. The Morgan fingerprint density at radius 1 is 1.30 bits per heavy atom. The van der Waals surface area contributed by atoms with Crippen LogP contribution in [-0.2, 0) is 14.1 Å². The van der Waals surface area contributed by atoms with Crippen molar-refractivity contribution in [3.05, 3.63) is 40.1 Å². The molecule has 158 valence electrons. The van der Waals surface area contributed by atoms with Gasteiger partial charge in [-0.05, 0) is 36.9 Å². The zero-order valence-corrected chi connectivity index (χ0v) is 17.7. The lowest BCUT2D eigenvalue weighted by Crippen LogP contribution is -2.75. The van der Waals surface area contributed by atoms with Gasteiger partial charge in [-0.1, -0.05) is 0 Å². The maximum Gasteiger partial charge on any atom is 0.725 e. The molecule has 0 atom stereocenters. The van der Waals surface area contributed by atoms with Gasteiger partial charge in [-0.3, -0.25) is 0 Å². The van der Waals surface area contributed by atoms with Crippen LogP contribution in [0.2, 0.25) is 0 Å². The molecule has 4 rings (SSSR count). The Labute approximate surface area is 177 Å². The van der Waals surface area contributed by atoms with E-state index in [0.717, 1.165) is 24.1 Å². The smallest absolute Gasteiger partial charge is 0.627 e. The lowest BCUT2D eigenvalue weighted by atomic mass is 9.98. The molecule has 1 aliphatic carbocycles. The van der Waals surface area contributed by atoms with Crippen LogP contribution in [0.1, 0.15) is 38.7 Å². The van der Waals surface area contributed by atoms with E-state index in [1.54, 1.807) is 18.3 Å². The third-order valence-electron chi connectivity index (χ3n) is 4.96. The van der Waals surface area contributed by atoms with Crippen molar-refractivity contribution in [1.29, 1.82) is 0 Å². The molecular weight excluding hydrogens is 413 g/mol. The number of allylic oxidation sites excluding steroid dienone is 2. The van der Waals surface area contributed by atoms with Gasteiger partial charge < -0.3 is 22.8 Å². The zero-order valence-electron chi connectivity index (χ0n) is 16.9. The Hall–Kier alpha value is -2.69. The van der Waals surface area contributed by atoms with Crippen molar-refractivity contribution >= 4 is 47.2 Å². The number of rotatable bonds is 3. The third kappa shape index (κ3) is 3.98. The SMILES string of the molecule is CCN(C)c1ccc(C2=C3CCCC4=NC(=[NH+]C(C)=O)SC4=C3O[B-](F)(F)O2)cn1. The first kappa shape index (κ1) is 20.6. The first-order valence-corrected chi connectivity index (χ1v) is 10.5.